The Kier molecular flexibility index (Phi) is 6.78. The van der Waals surface area contributed by atoms with Crippen LogP contribution in [0.3, 0.4) is 0 Å². The molecule has 0 aliphatic rings. The third-order valence-electron chi connectivity index (χ3n) is 3.38. The maximum atomic E-state index is 11.7. The average molecular weight is 317 g/mol. The SMILES string of the molecule is O=C(NCCCc1ccccc1)NCCc1ccc(Cl)cc1. The number of rotatable bonds is 7. The summed E-state index contributed by atoms with van der Waals surface area (Å²) in [6.45, 7) is 1.30. The Labute approximate surface area is 136 Å². The molecular weight excluding hydrogens is 296 g/mol. The minimum Gasteiger partial charge on any atom is -0.338 e. The monoisotopic (exact) mass is 316 g/mol. The first-order chi connectivity index (χ1) is 10.7. The van der Waals surface area contributed by atoms with Gasteiger partial charge in [-0.2, -0.15) is 0 Å². The van der Waals surface area contributed by atoms with Crippen LogP contribution < -0.4 is 10.6 Å². The molecule has 0 aliphatic carbocycles. The molecule has 0 aromatic heterocycles. The first kappa shape index (κ1) is 16.4. The average Bonchev–Trinajstić information content (AvgIpc) is 2.54. The highest BCUT2D eigenvalue weighted by Gasteiger charge is 2.00. The van der Waals surface area contributed by atoms with E-state index in [4.69, 9.17) is 11.6 Å². The van der Waals surface area contributed by atoms with Gasteiger partial charge in [0, 0.05) is 18.1 Å². The fourth-order valence-electron chi connectivity index (χ4n) is 2.17. The van der Waals surface area contributed by atoms with Crippen molar-refractivity contribution in [2.75, 3.05) is 13.1 Å². The van der Waals surface area contributed by atoms with Gasteiger partial charge in [0.15, 0.2) is 0 Å². The number of nitrogens with one attached hydrogen (secondary N) is 2. The molecule has 2 N–H and O–H groups in total. The van der Waals surface area contributed by atoms with E-state index in [1.165, 1.54) is 5.56 Å². The second-order valence-electron chi connectivity index (χ2n) is 5.15. The topological polar surface area (TPSA) is 41.1 Å². The zero-order chi connectivity index (χ0) is 15.6. The number of benzene rings is 2. The van der Waals surface area contributed by atoms with Gasteiger partial charge in [-0.05, 0) is 42.5 Å². The lowest BCUT2D eigenvalue weighted by Crippen LogP contribution is -2.37. The zero-order valence-electron chi connectivity index (χ0n) is 12.5. The van der Waals surface area contributed by atoms with Gasteiger partial charge >= 0.3 is 6.03 Å². The molecule has 3 nitrogen and oxygen atoms in total. The lowest BCUT2D eigenvalue weighted by atomic mass is 10.1. The number of carbonyl (C=O) groups excluding carboxylic acids is 1. The lowest BCUT2D eigenvalue weighted by molar-refractivity contribution is 0.241. The standard InChI is InChI=1S/C18H21ClN2O/c19-17-10-8-16(9-11-17)12-14-21-18(22)20-13-4-7-15-5-2-1-3-6-15/h1-3,5-6,8-11H,4,7,12-14H2,(H2,20,21,22). The van der Waals surface area contributed by atoms with Crippen LogP contribution in [0.15, 0.2) is 54.6 Å². The van der Waals surface area contributed by atoms with Crippen LogP contribution in [0, 0.1) is 0 Å². The Morgan fingerprint density at radius 2 is 1.45 bits per heavy atom. The second kappa shape index (κ2) is 9.11. The predicted octanol–water partition coefficient (Wildman–Crippen LogP) is 3.81. The van der Waals surface area contributed by atoms with Gasteiger partial charge in [-0.25, -0.2) is 4.79 Å². The minimum atomic E-state index is -0.109. The highest BCUT2D eigenvalue weighted by Crippen LogP contribution is 2.09. The largest absolute Gasteiger partial charge is 0.338 e. The maximum Gasteiger partial charge on any atom is 0.314 e. The molecule has 0 unspecified atom stereocenters. The van der Waals surface area contributed by atoms with E-state index in [1.54, 1.807) is 0 Å². The van der Waals surface area contributed by atoms with E-state index in [0.717, 1.165) is 29.8 Å². The molecule has 2 aromatic rings. The fourth-order valence-corrected chi connectivity index (χ4v) is 2.30. The predicted molar refractivity (Wildman–Crippen MR) is 91.3 cm³/mol. The molecule has 116 valence electrons. The molecule has 0 heterocycles. The van der Waals surface area contributed by atoms with Crippen LogP contribution in [0.1, 0.15) is 17.5 Å². The molecule has 0 bridgehead atoms. The normalized spacial score (nSPS) is 10.2. The Bertz CT molecular complexity index is 569. The van der Waals surface area contributed by atoms with Crippen molar-refractivity contribution in [1.82, 2.24) is 10.6 Å². The van der Waals surface area contributed by atoms with Crippen LogP contribution in [0.5, 0.6) is 0 Å². The molecule has 0 radical (unpaired) electrons. The summed E-state index contributed by atoms with van der Waals surface area (Å²) in [5.41, 5.74) is 2.46. The van der Waals surface area contributed by atoms with Gasteiger partial charge in [0.05, 0.1) is 0 Å². The molecule has 0 saturated carbocycles. The Morgan fingerprint density at radius 3 is 2.18 bits per heavy atom. The number of hydrogen-bond acceptors (Lipinski definition) is 1. The third kappa shape index (κ3) is 6.19. The summed E-state index contributed by atoms with van der Waals surface area (Å²) < 4.78 is 0. The number of hydrogen-bond donors (Lipinski definition) is 2. The van der Waals surface area contributed by atoms with Crippen molar-refractivity contribution in [3.05, 3.63) is 70.7 Å². The molecule has 0 saturated heterocycles. The smallest absolute Gasteiger partial charge is 0.314 e. The van der Waals surface area contributed by atoms with E-state index in [1.807, 2.05) is 42.5 Å². The third-order valence-corrected chi connectivity index (χ3v) is 3.64. The van der Waals surface area contributed by atoms with Gasteiger partial charge in [0.25, 0.3) is 0 Å². The molecule has 0 fully saturated rings. The number of carbonyl (C=O) groups is 1. The van der Waals surface area contributed by atoms with E-state index >= 15 is 0 Å². The molecule has 22 heavy (non-hydrogen) atoms. The fraction of sp³-hybridized carbons (Fsp3) is 0.278. The molecule has 4 heteroatoms. The van der Waals surface area contributed by atoms with E-state index in [0.29, 0.717) is 13.1 Å². The molecule has 2 rings (SSSR count). The highest BCUT2D eigenvalue weighted by molar-refractivity contribution is 6.30. The van der Waals surface area contributed by atoms with Crippen molar-refractivity contribution in [2.24, 2.45) is 0 Å². The Balaban J connectivity index is 1.55. The summed E-state index contributed by atoms with van der Waals surface area (Å²) in [6.07, 6.45) is 2.72. The summed E-state index contributed by atoms with van der Waals surface area (Å²) in [6, 6.07) is 17.8. The van der Waals surface area contributed by atoms with Crippen molar-refractivity contribution in [3.63, 3.8) is 0 Å². The summed E-state index contributed by atoms with van der Waals surface area (Å²) >= 11 is 5.83. The molecule has 2 aromatic carbocycles. The first-order valence-electron chi connectivity index (χ1n) is 7.54. The van der Waals surface area contributed by atoms with Crippen molar-refractivity contribution >= 4 is 17.6 Å². The van der Waals surface area contributed by atoms with E-state index < -0.39 is 0 Å². The molecule has 2 amide bonds. The van der Waals surface area contributed by atoms with Crippen molar-refractivity contribution in [2.45, 2.75) is 19.3 Å². The number of amides is 2. The number of aryl methyl sites for hydroxylation is 1. The van der Waals surface area contributed by atoms with E-state index in [2.05, 4.69) is 22.8 Å². The van der Waals surface area contributed by atoms with Crippen LogP contribution in [-0.4, -0.2) is 19.1 Å². The van der Waals surface area contributed by atoms with Gasteiger partial charge in [-0.15, -0.1) is 0 Å². The molecule has 0 atom stereocenters. The van der Waals surface area contributed by atoms with Crippen LogP contribution in [0.4, 0.5) is 4.79 Å². The summed E-state index contributed by atoms with van der Waals surface area (Å²) in [5, 5.41) is 6.47. The van der Waals surface area contributed by atoms with Crippen LogP contribution in [0.2, 0.25) is 5.02 Å². The van der Waals surface area contributed by atoms with Crippen LogP contribution >= 0.6 is 11.6 Å². The van der Waals surface area contributed by atoms with Gasteiger partial charge in [0.1, 0.15) is 0 Å². The number of urea groups is 1. The maximum absolute atomic E-state index is 11.7. The van der Waals surface area contributed by atoms with Gasteiger partial charge in [0.2, 0.25) is 0 Å². The Hall–Kier alpha value is -2.00. The molecule has 0 spiro atoms. The van der Waals surface area contributed by atoms with Gasteiger partial charge in [-0.3, -0.25) is 0 Å². The summed E-state index contributed by atoms with van der Waals surface area (Å²) in [5.74, 6) is 0. The van der Waals surface area contributed by atoms with Crippen molar-refractivity contribution < 1.29 is 4.79 Å². The van der Waals surface area contributed by atoms with Crippen LogP contribution in [-0.2, 0) is 12.8 Å². The van der Waals surface area contributed by atoms with E-state index in [9.17, 15) is 4.79 Å². The number of halogens is 1. The van der Waals surface area contributed by atoms with Crippen molar-refractivity contribution in [3.8, 4) is 0 Å². The first-order valence-corrected chi connectivity index (χ1v) is 7.92. The van der Waals surface area contributed by atoms with E-state index in [-0.39, 0.29) is 6.03 Å². The minimum absolute atomic E-state index is 0.109. The second-order valence-corrected chi connectivity index (χ2v) is 5.58. The quantitative estimate of drug-likeness (QED) is 0.749. The summed E-state index contributed by atoms with van der Waals surface area (Å²) in [4.78, 5) is 11.7. The zero-order valence-corrected chi connectivity index (χ0v) is 13.3. The highest BCUT2D eigenvalue weighted by atomic mass is 35.5. The van der Waals surface area contributed by atoms with Crippen LogP contribution in [0.25, 0.3) is 0 Å². The molecule has 0 aliphatic heterocycles. The van der Waals surface area contributed by atoms with Crippen molar-refractivity contribution in [1.29, 1.82) is 0 Å². The van der Waals surface area contributed by atoms with Gasteiger partial charge < -0.3 is 10.6 Å². The molecular formula is C18H21ClN2O. The Morgan fingerprint density at radius 1 is 0.818 bits per heavy atom. The van der Waals surface area contributed by atoms with Gasteiger partial charge in [-0.1, -0.05) is 54.1 Å². The summed E-state index contributed by atoms with van der Waals surface area (Å²) in [7, 11) is 0. The lowest BCUT2D eigenvalue weighted by Gasteiger charge is -2.08.